The Morgan fingerprint density at radius 3 is 1.25 bits per heavy atom. The molecule has 2 aliphatic heterocycles. The van der Waals surface area contributed by atoms with Gasteiger partial charge >= 0.3 is 0 Å². The van der Waals surface area contributed by atoms with E-state index in [0.29, 0.717) is 0 Å². The number of benzene rings is 7. The molecule has 1 fully saturated rings. The quantitative estimate of drug-likeness (QED) is 0.162. The van der Waals surface area contributed by atoms with Crippen LogP contribution >= 0.6 is 11.3 Å². The maximum absolute atomic E-state index is 2.88. The van der Waals surface area contributed by atoms with E-state index in [9.17, 15) is 0 Å². The Morgan fingerprint density at radius 2 is 0.795 bits per heavy atom. The molecule has 83 heavy (non-hydrogen) atoms. The first kappa shape index (κ1) is 53.9. The van der Waals surface area contributed by atoms with Crippen LogP contribution < -0.4 is 25.5 Å². The van der Waals surface area contributed by atoms with Gasteiger partial charge < -0.3 is 9.80 Å². The van der Waals surface area contributed by atoms with Gasteiger partial charge in [0.15, 0.2) is 0 Å². The van der Waals surface area contributed by atoms with Crippen LogP contribution in [0.2, 0.25) is 0 Å². The van der Waals surface area contributed by atoms with Gasteiger partial charge in [0.25, 0.3) is 6.71 Å². The number of rotatable bonds is 4. The van der Waals surface area contributed by atoms with Crippen LogP contribution in [-0.4, -0.2) is 6.71 Å². The molecule has 7 aromatic carbocycles. The van der Waals surface area contributed by atoms with Crippen LogP contribution in [0.1, 0.15) is 226 Å². The third kappa shape index (κ3) is 7.64. The summed E-state index contributed by atoms with van der Waals surface area (Å²) in [6.07, 6.45) is 10.8. The molecule has 15 rings (SSSR count). The lowest BCUT2D eigenvalue weighted by molar-refractivity contribution is 0.332. The first-order valence-electron chi connectivity index (χ1n) is 32.0. The van der Waals surface area contributed by atoms with Crippen LogP contribution in [0.25, 0.3) is 32.3 Å². The average Bonchev–Trinajstić information content (AvgIpc) is 1.92. The lowest BCUT2D eigenvalue weighted by Crippen LogP contribution is -2.61. The largest absolute Gasteiger partial charge is 0.311 e. The molecule has 1 aromatic heterocycles. The molecule has 0 spiro atoms. The third-order valence-corrected chi connectivity index (χ3v) is 24.7. The van der Waals surface area contributed by atoms with Crippen molar-refractivity contribution < 1.29 is 0 Å². The highest BCUT2D eigenvalue weighted by atomic mass is 32.1. The molecule has 0 amide bonds. The van der Waals surface area contributed by atoms with Crippen molar-refractivity contribution in [1.29, 1.82) is 0 Å². The molecule has 0 saturated heterocycles. The fourth-order valence-electron chi connectivity index (χ4n) is 17.8. The average molecular weight is 1110 g/mol. The molecule has 1 saturated carbocycles. The Morgan fingerprint density at radius 1 is 0.398 bits per heavy atom. The van der Waals surface area contributed by atoms with Crippen molar-refractivity contribution in [3.63, 3.8) is 0 Å². The number of hydrogen-bond acceptors (Lipinski definition) is 3. The summed E-state index contributed by atoms with van der Waals surface area (Å²) in [4.78, 5) is 5.73. The van der Waals surface area contributed by atoms with Gasteiger partial charge in [0.2, 0.25) is 0 Å². The summed E-state index contributed by atoms with van der Waals surface area (Å²) >= 11 is 2.12. The van der Waals surface area contributed by atoms with Gasteiger partial charge in [-0.15, -0.1) is 11.3 Å². The molecule has 2 nitrogen and oxygen atoms in total. The van der Waals surface area contributed by atoms with Crippen molar-refractivity contribution in [3.8, 4) is 22.3 Å². The predicted molar refractivity (Wildman–Crippen MR) is 360 cm³/mol. The Kier molecular flexibility index (Phi) is 11.0. The van der Waals surface area contributed by atoms with E-state index >= 15 is 0 Å². The van der Waals surface area contributed by atoms with Crippen LogP contribution in [0.3, 0.4) is 0 Å². The molecule has 2 atom stereocenters. The van der Waals surface area contributed by atoms with Crippen LogP contribution in [0.4, 0.5) is 34.1 Å². The first-order chi connectivity index (χ1) is 38.9. The van der Waals surface area contributed by atoms with E-state index in [0.717, 1.165) is 19.3 Å². The van der Waals surface area contributed by atoms with Gasteiger partial charge in [0, 0.05) is 43.1 Å². The third-order valence-electron chi connectivity index (χ3n) is 23.5. The summed E-state index contributed by atoms with van der Waals surface area (Å²) in [7, 11) is 0. The zero-order valence-electron chi connectivity index (χ0n) is 53.3. The predicted octanol–water partition coefficient (Wildman–Crippen LogP) is 20.4. The Bertz CT molecular complexity index is 4100. The zero-order valence-corrected chi connectivity index (χ0v) is 54.1. The van der Waals surface area contributed by atoms with E-state index in [1.54, 1.807) is 11.1 Å². The Hall–Kier alpha value is -5.84. The summed E-state index contributed by atoms with van der Waals surface area (Å²) in [5, 5.41) is 1.43. The van der Waals surface area contributed by atoms with Gasteiger partial charge in [0.1, 0.15) is 0 Å². The first-order valence-corrected chi connectivity index (χ1v) is 32.8. The minimum Gasteiger partial charge on any atom is -0.311 e. The number of anilines is 6. The molecular weight excluding hydrogens is 1020 g/mol. The molecule has 2 bridgehead atoms. The van der Waals surface area contributed by atoms with Crippen LogP contribution in [-0.2, 0) is 48.7 Å². The topological polar surface area (TPSA) is 6.48 Å². The fraction of sp³-hybridized carbons (Fsp3) is 0.443. The molecule has 424 valence electrons. The van der Waals surface area contributed by atoms with Crippen molar-refractivity contribution in [3.05, 3.63) is 171 Å². The minimum absolute atomic E-state index is 0.00150. The molecule has 3 heterocycles. The summed E-state index contributed by atoms with van der Waals surface area (Å²) in [6.45, 7) is 42.8. The Labute approximate surface area is 502 Å². The SMILES string of the molecule is CC(C)(C)c1cc2c3c(c1)N(c1cc4c(cc1-c1ccccc1)C(C)(C)CCC4(C)C)c1c(sc4cc5c(cc14)C1(C)CCC5(C)C1)B3c1cc3c(cc1N2c1cc2c(cc1-c1ccccc1)C(C)(C)CCC2(C)C)C(C)(C)CCC3(C)C. The van der Waals surface area contributed by atoms with Crippen molar-refractivity contribution in [2.24, 2.45) is 0 Å². The number of hydrogen-bond donors (Lipinski definition) is 0. The fourth-order valence-corrected chi connectivity index (χ4v) is 19.2. The van der Waals surface area contributed by atoms with E-state index in [1.807, 2.05) is 0 Å². The normalized spacial score (nSPS) is 23.9. The maximum atomic E-state index is 2.88. The van der Waals surface area contributed by atoms with Crippen LogP contribution in [0.5, 0.6) is 0 Å². The second-order valence-corrected chi connectivity index (χ2v) is 34.2. The van der Waals surface area contributed by atoms with Gasteiger partial charge in [-0.3, -0.25) is 0 Å². The maximum Gasteiger partial charge on any atom is 0.264 e. The van der Waals surface area contributed by atoms with Crippen molar-refractivity contribution in [1.82, 2.24) is 0 Å². The zero-order chi connectivity index (χ0) is 58.3. The molecule has 2 unspecified atom stereocenters. The van der Waals surface area contributed by atoms with Crippen LogP contribution in [0, 0.1) is 0 Å². The minimum atomic E-state index is -0.171. The van der Waals surface area contributed by atoms with Crippen molar-refractivity contribution in [2.45, 2.75) is 224 Å². The van der Waals surface area contributed by atoms with Crippen molar-refractivity contribution in [2.75, 3.05) is 9.80 Å². The Balaban J connectivity index is 1.14. The van der Waals surface area contributed by atoms with E-state index in [4.69, 9.17) is 0 Å². The number of thiophene rings is 1. The number of fused-ring (bicyclic) bond motifs is 14. The second kappa shape index (κ2) is 17.0. The molecule has 5 aliphatic carbocycles. The molecule has 0 N–H and O–H groups in total. The molecular formula is C79H89BN2S. The summed E-state index contributed by atoms with van der Waals surface area (Å²) < 4.78 is 2.93. The molecule has 4 heteroatoms. The van der Waals surface area contributed by atoms with Crippen molar-refractivity contribution >= 4 is 78.0 Å². The summed E-state index contributed by atoms with van der Waals surface area (Å²) in [5.74, 6) is 0. The van der Waals surface area contributed by atoms with Crippen LogP contribution in [0.15, 0.2) is 121 Å². The number of nitrogens with zero attached hydrogens (tertiary/aromatic N) is 2. The highest BCUT2D eigenvalue weighted by Gasteiger charge is 2.55. The smallest absolute Gasteiger partial charge is 0.264 e. The van der Waals surface area contributed by atoms with E-state index in [2.05, 4.69) is 260 Å². The highest BCUT2D eigenvalue weighted by Crippen LogP contribution is 2.63. The van der Waals surface area contributed by atoms with Gasteiger partial charge in [-0.05, 0) is 233 Å². The molecule has 8 aromatic rings. The van der Waals surface area contributed by atoms with Gasteiger partial charge in [0.05, 0.1) is 17.1 Å². The van der Waals surface area contributed by atoms with E-state index in [-0.39, 0.29) is 55.4 Å². The monoisotopic (exact) mass is 1110 g/mol. The van der Waals surface area contributed by atoms with Gasteiger partial charge in [-0.2, -0.15) is 0 Å². The second-order valence-electron chi connectivity index (χ2n) is 33.1. The summed E-state index contributed by atoms with van der Waals surface area (Å²) in [5.41, 5.74) is 30.1. The standard InChI is InChI=1S/C79H89BN2S/c1-71(2,3)49-36-65-68-66(37-49)82(63-43-57-54(73(6,7)29-32-76(57,12)13)39-51(63)48-26-22-19-23-27-48)69-52-40-59-60(79(17)35-34-78(59,16)46-79)45-67(52)83-70(69)80(68)61-41-55-58(77(14,15)33-30-74(55,8)9)44-64(61)81(65)62-42-56-53(72(4,5)28-31-75(56,10)11)38-50(62)47-24-20-18-21-25-47/h18-27,36-45H,28-35,46H2,1-17H3. The molecule has 7 aliphatic rings. The van der Waals surface area contributed by atoms with Gasteiger partial charge in [-0.1, -0.05) is 184 Å². The van der Waals surface area contributed by atoms with E-state index in [1.165, 1.54) is 160 Å². The molecule has 0 radical (unpaired) electrons. The highest BCUT2D eigenvalue weighted by molar-refractivity contribution is 7.33. The lowest BCUT2D eigenvalue weighted by atomic mass is 9.35. The lowest BCUT2D eigenvalue weighted by Gasteiger charge is -2.48. The van der Waals surface area contributed by atoms with E-state index < -0.39 is 0 Å². The van der Waals surface area contributed by atoms with Gasteiger partial charge in [-0.25, -0.2) is 0 Å². The summed E-state index contributed by atoms with van der Waals surface area (Å²) in [6, 6.07) is 50.0.